The van der Waals surface area contributed by atoms with E-state index >= 15 is 0 Å². The molecule has 120 valence electrons. The van der Waals surface area contributed by atoms with Crippen LogP contribution >= 0.6 is 11.6 Å². The van der Waals surface area contributed by atoms with Crippen LogP contribution in [0.2, 0.25) is 5.28 Å². The summed E-state index contributed by atoms with van der Waals surface area (Å²) < 4.78 is 0. The second kappa shape index (κ2) is 6.88. The van der Waals surface area contributed by atoms with Crippen molar-refractivity contribution in [3.63, 3.8) is 0 Å². The van der Waals surface area contributed by atoms with E-state index in [0.717, 1.165) is 16.7 Å². The molecule has 0 bridgehead atoms. The molecule has 0 saturated carbocycles. The van der Waals surface area contributed by atoms with Gasteiger partial charge in [0.25, 0.3) is 0 Å². The van der Waals surface area contributed by atoms with Gasteiger partial charge in [0, 0.05) is 17.9 Å². The zero-order chi connectivity index (χ0) is 17.1. The monoisotopic (exact) mass is 343 g/mol. The van der Waals surface area contributed by atoms with Crippen LogP contribution in [0, 0.1) is 11.8 Å². The first kappa shape index (κ1) is 15.6. The van der Waals surface area contributed by atoms with Crippen LogP contribution in [-0.4, -0.2) is 15.0 Å². The molecule has 0 spiro atoms. The lowest BCUT2D eigenvalue weighted by molar-refractivity contribution is 0.775. The van der Waals surface area contributed by atoms with Gasteiger partial charge in [-0.1, -0.05) is 66.4 Å². The number of benzene rings is 2. The van der Waals surface area contributed by atoms with Crippen molar-refractivity contribution in [3.8, 4) is 34.4 Å². The summed E-state index contributed by atoms with van der Waals surface area (Å²) in [5.41, 5.74) is 3.17. The predicted octanol–water partition coefficient (Wildman–Crippen LogP) is 4.91. The summed E-state index contributed by atoms with van der Waals surface area (Å²) in [5, 5.41) is 0.206. The van der Waals surface area contributed by atoms with E-state index in [1.54, 1.807) is 0 Å². The van der Waals surface area contributed by atoms with Gasteiger partial charge in [0.05, 0.1) is 0 Å². The van der Waals surface area contributed by atoms with Gasteiger partial charge in [-0.3, -0.25) is 0 Å². The Morgan fingerprint density at radius 3 is 2.48 bits per heavy atom. The van der Waals surface area contributed by atoms with Crippen LogP contribution in [-0.2, 0) is 0 Å². The molecule has 0 saturated heterocycles. The number of halogens is 1. The van der Waals surface area contributed by atoms with Crippen molar-refractivity contribution in [1.82, 2.24) is 15.0 Å². The maximum absolute atomic E-state index is 6.15. The lowest BCUT2D eigenvalue weighted by atomic mass is 10.0. The summed E-state index contributed by atoms with van der Waals surface area (Å²) in [7, 11) is 0. The molecule has 0 fully saturated rings. The molecular weight excluding hydrogens is 330 g/mol. The number of allylic oxidation sites excluding steroid dienone is 2. The molecule has 1 aromatic heterocycles. The van der Waals surface area contributed by atoms with Crippen molar-refractivity contribution in [1.29, 1.82) is 0 Å². The van der Waals surface area contributed by atoms with Crippen molar-refractivity contribution >= 4 is 11.6 Å². The Bertz CT molecular complexity index is 1000. The largest absolute Gasteiger partial charge is 0.226 e. The Hall–Kier alpha value is -2.96. The first-order valence-corrected chi connectivity index (χ1v) is 8.40. The minimum atomic E-state index is 0.0535. The van der Waals surface area contributed by atoms with E-state index in [9.17, 15) is 0 Å². The molecule has 0 radical (unpaired) electrons. The third-order valence-electron chi connectivity index (χ3n) is 4.02. The van der Waals surface area contributed by atoms with Crippen LogP contribution in [0.25, 0.3) is 22.5 Å². The Labute approximate surface area is 151 Å². The van der Waals surface area contributed by atoms with E-state index in [-0.39, 0.29) is 11.2 Å². The zero-order valence-corrected chi connectivity index (χ0v) is 14.1. The molecule has 1 heterocycles. The lowest BCUT2D eigenvalue weighted by Crippen LogP contribution is -2.06. The number of nitrogens with zero attached hydrogens (tertiary/aromatic N) is 3. The third kappa shape index (κ3) is 3.45. The average Bonchev–Trinajstić information content (AvgIpc) is 2.69. The van der Waals surface area contributed by atoms with Crippen LogP contribution in [0.1, 0.15) is 18.2 Å². The van der Waals surface area contributed by atoms with Gasteiger partial charge in [-0.15, -0.1) is 0 Å². The Morgan fingerprint density at radius 2 is 1.68 bits per heavy atom. The molecule has 0 amide bonds. The predicted molar refractivity (Wildman–Crippen MR) is 100.0 cm³/mol. The van der Waals surface area contributed by atoms with Gasteiger partial charge in [0.1, 0.15) is 5.82 Å². The first-order chi connectivity index (χ1) is 12.3. The molecule has 3 aromatic rings. The van der Waals surface area contributed by atoms with Crippen molar-refractivity contribution in [2.75, 3.05) is 0 Å². The zero-order valence-electron chi connectivity index (χ0n) is 13.4. The smallest absolute Gasteiger partial charge is 0.212 e. The average molecular weight is 344 g/mol. The fourth-order valence-corrected chi connectivity index (χ4v) is 2.93. The minimum absolute atomic E-state index is 0.0535. The van der Waals surface area contributed by atoms with Gasteiger partial charge in [0.15, 0.2) is 5.82 Å². The molecule has 25 heavy (non-hydrogen) atoms. The fourth-order valence-electron chi connectivity index (χ4n) is 2.77. The highest BCUT2D eigenvalue weighted by atomic mass is 35.5. The van der Waals surface area contributed by atoms with Crippen molar-refractivity contribution in [3.05, 3.63) is 77.9 Å². The highest BCUT2D eigenvalue weighted by molar-refractivity contribution is 6.28. The quantitative estimate of drug-likeness (QED) is 0.634. The molecule has 0 unspecified atom stereocenters. The molecule has 1 aliphatic rings. The molecule has 4 heteroatoms. The highest BCUT2D eigenvalue weighted by Crippen LogP contribution is 2.27. The van der Waals surface area contributed by atoms with Crippen molar-refractivity contribution in [2.24, 2.45) is 0 Å². The summed E-state index contributed by atoms with van der Waals surface area (Å²) in [4.78, 5) is 13.2. The van der Waals surface area contributed by atoms with Gasteiger partial charge in [-0.25, -0.2) is 9.97 Å². The summed E-state index contributed by atoms with van der Waals surface area (Å²) in [5.74, 6) is 7.29. The molecule has 1 atom stereocenters. The molecular formula is C21H14ClN3. The van der Waals surface area contributed by atoms with Gasteiger partial charge < -0.3 is 0 Å². The second-order valence-corrected chi connectivity index (χ2v) is 6.06. The van der Waals surface area contributed by atoms with Crippen LogP contribution in [0.3, 0.4) is 0 Å². The minimum Gasteiger partial charge on any atom is -0.212 e. The maximum Gasteiger partial charge on any atom is 0.226 e. The Balaban J connectivity index is 1.74. The fraction of sp³-hybridized carbons (Fsp3) is 0.0952. The van der Waals surface area contributed by atoms with E-state index in [1.807, 2.05) is 42.5 Å². The molecule has 4 rings (SSSR count). The molecule has 1 aliphatic carbocycles. The van der Waals surface area contributed by atoms with Gasteiger partial charge in [-0.2, -0.15) is 4.98 Å². The van der Waals surface area contributed by atoms with Crippen LogP contribution in [0.5, 0.6) is 0 Å². The normalized spacial score (nSPS) is 15.5. The van der Waals surface area contributed by atoms with Crippen LogP contribution < -0.4 is 0 Å². The number of hydrogen-bond donors (Lipinski definition) is 0. The summed E-state index contributed by atoms with van der Waals surface area (Å²) >= 11 is 6.15. The van der Waals surface area contributed by atoms with Gasteiger partial charge >= 0.3 is 0 Å². The van der Waals surface area contributed by atoms with Crippen molar-refractivity contribution in [2.45, 2.75) is 12.3 Å². The van der Waals surface area contributed by atoms with E-state index in [4.69, 9.17) is 11.6 Å². The van der Waals surface area contributed by atoms with E-state index in [1.165, 1.54) is 0 Å². The number of aromatic nitrogens is 3. The Kier molecular flexibility index (Phi) is 4.28. The van der Waals surface area contributed by atoms with Gasteiger partial charge in [-0.05, 0) is 34.9 Å². The van der Waals surface area contributed by atoms with Crippen LogP contribution in [0.4, 0.5) is 0 Å². The maximum atomic E-state index is 6.15. The van der Waals surface area contributed by atoms with E-state index in [0.29, 0.717) is 18.1 Å². The second-order valence-electron chi connectivity index (χ2n) is 5.72. The molecule has 3 nitrogen and oxygen atoms in total. The van der Waals surface area contributed by atoms with E-state index in [2.05, 4.69) is 51.1 Å². The summed E-state index contributed by atoms with van der Waals surface area (Å²) in [6.07, 6.45) is 4.54. The summed E-state index contributed by atoms with van der Waals surface area (Å²) in [6.45, 7) is 0. The molecule has 2 aromatic carbocycles. The topological polar surface area (TPSA) is 38.7 Å². The standard InChI is InChI=1S/C21H14ClN3/c22-21-24-19(16-10-5-2-6-11-16)23-20(25-21)18-13-7-12-17(14-18)15-8-3-1-4-9-15/h1,3-5,7-10,12-14,16H,11H2/t16-/m0/s1. The van der Waals surface area contributed by atoms with E-state index < -0.39 is 0 Å². The third-order valence-corrected chi connectivity index (χ3v) is 4.19. The Morgan fingerprint density at radius 1 is 0.880 bits per heavy atom. The SMILES string of the molecule is Clc1nc(-c2cccc(-c3ccccc3)c2)nc([C@H]2C=CC#CC2)n1. The molecule has 0 N–H and O–H groups in total. The molecule has 0 aliphatic heterocycles. The highest BCUT2D eigenvalue weighted by Gasteiger charge is 2.16. The van der Waals surface area contributed by atoms with Crippen molar-refractivity contribution < 1.29 is 0 Å². The van der Waals surface area contributed by atoms with Gasteiger partial charge in [0.2, 0.25) is 5.28 Å². The first-order valence-electron chi connectivity index (χ1n) is 8.02. The number of hydrogen-bond acceptors (Lipinski definition) is 3. The lowest BCUT2D eigenvalue weighted by Gasteiger charge is -2.11. The summed E-state index contributed by atoms with van der Waals surface area (Å²) in [6, 6.07) is 18.3. The number of rotatable bonds is 3. The van der Waals surface area contributed by atoms with Crippen LogP contribution in [0.15, 0.2) is 66.7 Å².